The molecule has 0 unspecified atom stereocenters. The summed E-state index contributed by atoms with van der Waals surface area (Å²) in [7, 11) is 0. The van der Waals surface area contributed by atoms with Crippen LogP contribution in [0.3, 0.4) is 0 Å². The van der Waals surface area contributed by atoms with Crippen molar-refractivity contribution in [2.24, 2.45) is 0 Å². The highest BCUT2D eigenvalue weighted by Crippen LogP contribution is 2.16. The van der Waals surface area contributed by atoms with Gasteiger partial charge in [-0.2, -0.15) is 0 Å². The quantitative estimate of drug-likeness (QED) is 0.707. The first kappa shape index (κ1) is 10.5. The van der Waals surface area contributed by atoms with E-state index in [1.807, 2.05) is 12.1 Å². The van der Waals surface area contributed by atoms with Crippen molar-refractivity contribution in [1.29, 1.82) is 0 Å². The van der Waals surface area contributed by atoms with Crippen LogP contribution in [0.1, 0.15) is 5.56 Å². The van der Waals surface area contributed by atoms with Crippen LogP contribution in [0.5, 0.6) is 5.75 Å². The first-order valence-corrected chi connectivity index (χ1v) is 5.39. The molecule has 3 rings (SSSR count). The second kappa shape index (κ2) is 4.28. The van der Waals surface area contributed by atoms with Crippen LogP contribution in [-0.2, 0) is 6.54 Å². The summed E-state index contributed by atoms with van der Waals surface area (Å²) in [5.41, 5.74) is 1.39. The van der Waals surface area contributed by atoms with Gasteiger partial charge in [0, 0.05) is 12.1 Å². The van der Waals surface area contributed by atoms with Crippen molar-refractivity contribution < 1.29 is 5.11 Å². The van der Waals surface area contributed by atoms with E-state index in [2.05, 4.69) is 25.9 Å². The maximum absolute atomic E-state index is 9.63. The summed E-state index contributed by atoms with van der Waals surface area (Å²) in [6.07, 6.45) is 0. The Labute approximate surface area is 102 Å². The van der Waals surface area contributed by atoms with Gasteiger partial charge in [-0.15, -0.1) is 14.8 Å². The molecular formula is C11H10N6O. The number of nitrogens with zero attached hydrogens (tertiary/aromatic N) is 5. The second-order valence-corrected chi connectivity index (χ2v) is 3.73. The molecule has 2 aromatic heterocycles. The van der Waals surface area contributed by atoms with Crippen LogP contribution >= 0.6 is 0 Å². The molecule has 0 amide bonds. The normalized spacial score (nSPS) is 10.7. The number of aromatic nitrogens is 5. The zero-order valence-corrected chi connectivity index (χ0v) is 9.35. The minimum Gasteiger partial charge on any atom is -0.508 e. The van der Waals surface area contributed by atoms with E-state index < -0.39 is 0 Å². The molecule has 0 spiro atoms. The van der Waals surface area contributed by atoms with Gasteiger partial charge in [-0.25, -0.2) is 0 Å². The molecule has 0 bridgehead atoms. The van der Waals surface area contributed by atoms with Gasteiger partial charge >= 0.3 is 0 Å². The van der Waals surface area contributed by atoms with Gasteiger partial charge in [-0.1, -0.05) is 18.2 Å². The molecule has 0 aliphatic rings. The number of phenols is 1. The van der Waals surface area contributed by atoms with Crippen molar-refractivity contribution in [1.82, 2.24) is 25.3 Å². The summed E-state index contributed by atoms with van der Waals surface area (Å²) < 4.78 is 1.34. The first-order chi connectivity index (χ1) is 8.83. The predicted octanol–water partition coefficient (Wildman–Crippen LogP) is 0.837. The van der Waals surface area contributed by atoms with Crippen molar-refractivity contribution in [3.8, 4) is 5.75 Å². The fourth-order valence-electron chi connectivity index (χ4n) is 1.59. The van der Waals surface area contributed by atoms with Gasteiger partial charge in [0.1, 0.15) is 11.6 Å². The molecule has 0 saturated carbocycles. The van der Waals surface area contributed by atoms with Gasteiger partial charge in [-0.05, 0) is 28.6 Å². The Morgan fingerprint density at radius 2 is 2.06 bits per heavy atom. The van der Waals surface area contributed by atoms with Crippen molar-refractivity contribution in [2.45, 2.75) is 6.54 Å². The number of benzene rings is 1. The topological polar surface area (TPSA) is 88.2 Å². The van der Waals surface area contributed by atoms with Crippen LogP contribution in [0.4, 0.5) is 5.82 Å². The van der Waals surface area contributed by atoms with Crippen LogP contribution in [0.2, 0.25) is 0 Å². The second-order valence-electron chi connectivity index (χ2n) is 3.73. The number of hydrogen-bond donors (Lipinski definition) is 2. The Morgan fingerprint density at radius 1 is 1.17 bits per heavy atom. The molecule has 90 valence electrons. The number of para-hydroxylation sites is 1. The summed E-state index contributed by atoms with van der Waals surface area (Å²) >= 11 is 0. The number of hydrogen-bond acceptors (Lipinski definition) is 6. The van der Waals surface area contributed by atoms with Crippen LogP contribution in [-0.4, -0.2) is 30.4 Å². The van der Waals surface area contributed by atoms with E-state index in [1.165, 1.54) is 4.63 Å². The molecule has 0 atom stereocenters. The van der Waals surface area contributed by atoms with Gasteiger partial charge in [0.05, 0.1) is 0 Å². The lowest BCUT2D eigenvalue weighted by atomic mass is 10.2. The molecule has 0 aliphatic heterocycles. The minimum absolute atomic E-state index is 0.258. The molecule has 2 N–H and O–H groups in total. The highest BCUT2D eigenvalue weighted by Gasteiger charge is 2.02. The number of phenolic OH excluding ortho intramolecular Hbond substituents is 1. The van der Waals surface area contributed by atoms with E-state index in [0.717, 1.165) is 5.56 Å². The largest absolute Gasteiger partial charge is 0.508 e. The Kier molecular flexibility index (Phi) is 2.49. The summed E-state index contributed by atoms with van der Waals surface area (Å²) in [6.45, 7) is 0.479. The predicted molar refractivity (Wildman–Crippen MR) is 64.0 cm³/mol. The van der Waals surface area contributed by atoms with Gasteiger partial charge in [0.15, 0.2) is 5.65 Å². The Balaban J connectivity index is 1.78. The molecule has 7 nitrogen and oxygen atoms in total. The number of nitrogens with one attached hydrogen (secondary N) is 1. The van der Waals surface area contributed by atoms with Crippen molar-refractivity contribution in [3.05, 3.63) is 42.0 Å². The lowest BCUT2D eigenvalue weighted by molar-refractivity contribution is 0.469. The molecule has 0 radical (unpaired) electrons. The molecule has 0 fully saturated rings. The number of fused-ring (bicyclic) bond motifs is 1. The SMILES string of the molecule is Oc1ccccc1CNc1ccc2nnnn2n1. The van der Waals surface area contributed by atoms with Crippen LogP contribution in [0, 0.1) is 0 Å². The standard InChI is InChI=1S/C11H10N6O/c18-9-4-2-1-3-8(9)7-12-10-5-6-11-13-15-16-17(11)14-10/h1-6,18H,7H2,(H,12,14). The zero-order chi connectivity index (χ0) is 12.4. The third-order valence-corrected chi connectivity index (χ3v) is 2.52. The van der Waals surface area contributed by atoms with E-state index in [1.54, 1.807) is 24.3 Å². The molecule has 0 saturated heterocycles. The van der Waals surface area contributed by atoms with Crippen molar-refractivity contribution >= 4 is 11.5 Å². The fourth-order valence-corrected chi connectivity index (χ4v) is 1.59. The molecule has 0 aliphatic carbocycles. The molecule has 3 aromatic rings. The molecule has 7 heteroatoms. The maximum Gasteiger partial charge on any atom is 0.200 e. The number of rotatable bonds is 3. The maximum atomic E-state index is 9.63. The monoisotopic (exact) mass is 242 g/mol. The fraction of sp³-hybridized carbons (Fsp3) is 0.0909. The summed E-state index contributed by atoms with van der Waals surface area (Å²) in [5.74, 6) is 0.895. The smallest absolute Gasteiger partial charge is 0.200 e. The molecular weight excluding hydrogens is 232 g/mol. The lowest BCUT2D eigenvalue weighted by Gasteiger charge is -2.06. The van der Waals surface area contributed by atoms with Crippen LogP contribution in [0.15, 0.2) is 36.4 Å². The van der Waals surface area contributed by atoms with E-state index in [0.29, 0.717) is 18.0 Å². The highest BCUT2D eigenvalue weighted by molar-refractivity contribution is 5.43. The Hall–Kier alpha value is -2.70. The van der Waals surface area contributed by atoms with Crippen molar-refractivity contribution in [2.75, 3.05) is 5.32 Å². The van der Waals surface area contributed by atoms with Gasteiger partial charge in [0.25, 0.3) is 0 Å². The van der Waals surface area contributed by atoms with E-state index in [9.17, 15) is 5.11 Å². The van der Waals surface area contributed by atoms with Gasteiger partial charge in [0.2, 0.25) is 0 Å². The van der Waals surface area contributed by atoms with Gasteiger partial charge < -0.3 is 10.4 Å². The average Bonchev–Trinajstić information content (AvgIpc) is 2.85. The van der Waals surface area contributed by atoms with Crippen molar-refractivity contribution in [3.63, 3.8) is 0 Å². The molecule has 1 aromatic carbocycles. The highest BCUT2D eigenvalue weighted by atomic mass is 16.3. The Morgan fingerprint density at radius 3 is 2.94 bits per heavy atom. The summed E-state index contributed by atoms with van der Waals surface area (Å²) in [4.78, 5) is 0. The third kappa shape index (κ3) is 1.93. The first-order valence-electron chi connectivity index (χ1n) is 5.39. The number of anilines is 1. The number of tetrazole rings is 1. The van der Waals surface area contributed by atoms with Gasteiger partial charge in [-0.3, -0.25) is 0 Å². The van der Waals surface area contributed by atoms with E-state index in [4.69, 9.17) is 0 Å². The Bertz CT molecular complexity index is 680. The zero-order valence-electron chi connectivity index (χ0n) is 9.35. The summed E-state index contributed by atoms with van der Waals surface area (Å²) in [5, 5.41) is 27.9. The number of aromatic hydroxyl groups is 1. The molecule has 2 heterocycles. The van der Waals surface area contributed by atoms with E-state index in [-0.39, 0.29) is 5.75 Å². The molecule has 18 heavy (non-hydrogen) atoms. The van der Waals surface area contributed by atoms with E-state index >= 15 is 0 Å². The lowest BCUT2D eigenvalue weighted by Crippen LogP contribution is -2.04. The van der Waals surface area contributed by atoms with Crippen LogP contribution < -0.4 is 5.32 Å². The average molecular weight is 242 g/mol. The summed E-state index contributed by atoms with van der Waals surface area (Å²) in [6, 6.07) is 10.7. The minimum atomic E-state index is 0.258. The third-order valence-electron chi connectivity index (χ3n) is 2.52. The van der Waals surface area contributed by atoms with Crippen LogP contribution in [0.25, 0.3) is 5.65 Å².